The van der Waals surface area contributed by atoms with Gasteiger partial charge in [-0.05, 0) is 17.7 Å². The third-order valence-electron chi connectivity index (χ3n) is 1.76. The Morgan fingerprint density at radius 3 is 2.64 bits per heavy atom. The lowest BCUT2D eigenvalue weighted by atomic mass is 10.2. The third-order valence-corrected chi connectivity index (χ3v) is 3.03. The molecule has 1 aromatic rings. The van der Waals surface area contributed by atoms with Crippen molar-refractivity contribution in [1.29, 1.82) is 0 Å². The maximum atomic E-state index is 11.4. The lowest BCUT2D eigenvalue weighted by Gasteiger charge is -1.99. The third kappa shape index (κ3) is 4.72. The highest BCUT2D eigenvalue weighted by Crippen LogP contribution is 2.10. The summed E-state index contributed by atoms with van der Waals surface area (Å²) in [5.74, 6) is 1.74. The second-order valence-electron chi connectivity index (χ2n) is 2.96. The van der Waals surface area contributed by atoms with Crippen molar-refractivity contribution in [3.05, 3.63) is 35.9 Å². The van der Waals surface area contributed by atoms with Gasteiger partial charge in [0.25, 0.3) is 0 Å². The quantitative estimate of drug-likeness (QED) is 0.614. The Morgan fingerprint density at radius 1 is 1.29 bits per heavy atom. The van der Waals surface area contributed by atoms with Crippen LogP contribution in [0.25, 0.3) is 0 Å². The summed E-state index contributed by atoms with van der Waals surface area (Å²) in [5.41, 5.74) is 1.09. The molecule has 0 saturated heterocycles. The van der Waals surface area contributed by atoms with E-state index in [9.17, 15) is 4.79 Å². The van der Waals surface area contributed by atoms with Crippen molar-refractivity contribution in [2.24, 2.45) is 0 Å². The van der Waals surface area contributed by atoms with Crippen molar-refractivity contribution in [3.63, 3.8) is 0 Å². The molecule has 1 aromatic carbocycles. The van der Waals surface area contributed by atoms with Crippen molar-refractivity contribution in [2.45, 2.75) is 12.8 Å². The molecule has 0 radical (unpaired) electrons. The molecule has 14 heavy (non-hydrogen) atoms. The van der Waals surface area contributed by atoms with E-state index in [2.05, 4.69) is 12.6 Å². The van der Waals surface area contributed by atoms with E-state index in [0.29, 0.717) is 6.42 Å². The smallest absolute Gasteiger partial charge is 0.193 e. The number of thioether (sulfide) groups is 1. The highest BCUT2D eigenvalue weighted by Gasteiger charge is 2.02. The Hall–Kier alpha value is -0.410. The first-order chi connectivity index (χ1) is 6.83. The number of hydrogen-bond donors (Lipinski definition) is 1. The van der Waals surface area contributed by atoms with Crippen LogP contribution in [0.4, 0.5) is 0 Å². The highest BCUT2D eigenvalue weighted by molar-refractivity contribution is 8.13. The molecule has 0 bridgehead atoms. The van der Waals surface area contributed by atoms with E-state index in [1.807, 2.05) is 30.3 Å². The van der Waals surface area contributed by atoms with Crippen LogP contribution in [0.3, 0.4) is 0 Å². The van der Waals surface area contributed by atoms with Crippen LogP contribution in [0.15, 0.2) is 30.3 Å². The van der Waals surface area contributed by atoms with Crippen LogP contribution in [0.2, 0.25) is 0 Å². The Labute approximate surface area is 94.7 Å². The topological polar surface area (TPSA) is 17.1 Å². The minimum atomic E-state index is 0.248. The number of rotatable bonds is 5. The van der Waals surface area contributed by atoms with Gasteiger partial charge in [0.2, 0.25) is 0 Å². The molecule has 3 heteroatoms. The van der Waals surface area contributed by atoms with Gasteiger partial charge in [-0.15, -0.1) is 0 Å². The van der Waals surface area contributed by atoms with Crippen LogP contribution >= 0.6 is 24.4 Å². The Kier molecular flexibility index (Phi) is 5.80. The zero-order chi connectivity index (χ0) is 10.2. The van der Waals surface area contributed by atoms with Gasteiger partial charge in [0.15, 0.2) is 5.12 Å². The molecule has 0 fully saturated rings. The molecule has 1 nitrogen and oxygen atoms in total. The molecular weight excluding hydrogens is 212 g/mol. The average Bonchev–Trinajstić information content (AvgIpc) is 2.20. The zero-order valence-electron chi connectivity index (χ0n) is 7.98. The number of hydrogen-bond acceptors (Lipinski definition) is 3. The second kappa shape index (κ2) is 6.96. The molecular formula is C11H14OS2. The number of benzene rings is 1. The first-order valence-electron chi connectivity index (χ1n) is 4.63. The summed E-state index contributed by atoms with van der Waals surface area (Å²) in [6.07, 6.45) is 1.53. The molecule has 0 aliphatic heterocycles. The fraction of sp³-hybridized carbons (Fsp3) is 0.364. The lowest BCUT2D eigenvalue weighted by molar-refractivity contribution is -0.110. The largest absolute Gasteiger partial charge is 0.287 e. The molecule has 1 rings (SSSR count). The molecule has 0 N–H and O–H groups in total. The van der Waals surface area contributed by atoms with E-state index in [1.54, 1.807) is 0 Å². The van der Waals surface area contributed by atoms with Crippen LogP contribution in [-0.2, 0) is 11.2 Å². The molecule has 0 amide bonds. The molecule has 0 atom stereocenters. The average molecular weight is 226 g/mol. The summed E-state index contributed by atoms with van der Waals surface area (Å²) in [6.45, 7) is 0. The number of thiol groups is 1. The van der Waals surface area contributed by atoms with Crippen LogP contribution < -0.4 is 0 Å². The van der Waals surface area contributed by atoms with Gasteiger partial charge in [0.1, 0.15) is 0 Å². The minimum Gasteiger partial charge on any atom is -0.287 e. The summed E-state index contributed by atoms with van der Waals surface area (Å²) in [4.78, 5) is 11.4. The minimum absolute atomic E-state index is 0.248. The maximum absolute atomic E-state index is 11.4. The van der Waals surface area contributed by atoms with Crippen molar-refractivity contribution in [3.8, 4) is 0 Å². The van der Waals surface area contributed by atoms with Crippen molar-refractivity contribution < 1.29 is 4.79 Å². The standard InChI is InChI=1S/C11H14OS2/c12-11(14-8-4-7-13)9-10-5-2-1-3-6-10/h1-3,5-6,13H,4,7-9H2. The number of carbonyl (C=O) groups excluding carboxylic acids is 1. The van der Waals surface area contributed by atoms with Crippen molar-refractivity contribution in [1.82, 2.24) is 0 Å². The van der Waals surface area contributed by atoms with E-state index < -0.39 is 0 Å². The van der Waals surface area contributed by atoms with Gasteiger partial charge >= 0.3 is 0 Å². The molecule has 0 spiro atoms. The predicted octanol–water partition coefficient (Wildman–Crippen LogP) is 2.81. The fourth-order valence-corrected chi connectivity index (χ4v) is 2.22. The highest BCUT2D eigenvalue weighted by atomic mass is 32.2. The van der Waals surface area contributed by atoms with E-state index in [1.165, 1.54) is 11.8 Å². The van der Waals surface area contributed by atoms with Crippen LogP contribution in [0.1, 0.15) is 12.0 Å². The van der Waals surface area contributed by atoms with E-state index in [-0.39, 0.29) is 5.12 Å². The van der Waals surface area contributed by atoms with Crippen LogP contribution in [0, 0.1) is 0 Å². The Morgan fingerprint density at radius 2 is 2.00 bits per heavy atom. The Balaban J connectivity index is 2.27. The lowest BCUT2D eigenvalue weighted by Crippen LogP contribution is -1.98. The van der Waals surface area contributed by atoms with Crippen LogP contribution in [0.5, 0.6) is 0 Å². The normalized spacial score (nSPS) is 10.1. The van der Waals surface area contributed by atoms with E-state index in [4.69, 9.17) is 0 Å². The number of carbonyl (C=O) groups is 1. The summed E-state index contributed by atoms with van der Waals surface area (Å²) >= 11 is 5.51. The second-order valence-corrected chi connectivity index (χ2v) is 4.56. The van der Waals surface area contributed by atoms with E-state index >= 15 is 0 Å². The molecule has 0 aliphatic rings. The maximum Gasteiger partial charge on any atom is 0.193 e. The van der Waals surface area contributed by atoms with Gasteiger partial charge in [0, 0.05) is 12.2 Å². The first kappa shape index (κ1) is 11.7. The van der Waals surface area contributed by atoms with Gasteiger partial charge in [-0.3, -0.25) is 4.79 Å². The van der Waals surface area contributed by atoms with Gasteiger partial charge < -0.3 is 0 Å². The molecule has 0 aliphatic carbocycles. The monoisotopic (exact) mass is 226 g/mol. The van der Waals surface area contributed by atoms with E-state index in [0.717, 1.165) is 23.5 Å². The van der Waals surface area contributed by atoms with Gasteiger partial charge in [-0.25, -0.2) is 0 Å². The van der Waals surface area contributed by atoms with Gasteiger partial charge in [-0.1, -0.05) is 42.1 Å². The SMILES string of the molecule is O=C(Cc1ccccc1)SCCCS. The van der Waals surface area contributed by atoms with Gasteiger partial charge in [-0.2, -0.15) is 12.6 Å². The molecule has 0 saturated carbocycles. The molecule has 0 heterocycles. The first-order valence-corrected chi connectivity index (χ1v) is 6.25. The predicted molar refractivity (Wildman–Crippen MR) is 66.1 cm³/mol. The molecule has 0 unspecified atom stereocenters. The summed E-state index contributed by atoms with van der Waals surface area (Å²) in [5, 5.41) is 0.248. The van der Waals surface area contributed by atoms with Crippen molar-refractivity contribution in [2.75, 3.05) is 11.5 Å². The fourth-order valence-electron chi connectivity index (χ4n) is 1.06. The van der Waals surface area contributed by atoms with Crippen LogP contribution in [-0.4, -0.2) is 16.6 Å². The van der Waals surface area contributed by atoms with Gasteiger partial charge in [0.05, 0.1) is 0 Å². The molecule has 0 aromatic heterocycles. The van der Waals surface area contributed by atoms with Crippen molar-refractivity contribution >= 4 is 29.5 Å². The summed E-state index contributed by atoms with van der Waals surface area (Å²) < 4.78 is 0. The zero-order valence-corrected chi connectivity index (χ0v) is 9.69. The summed E-state index contributed by atoms with van der Waals surface area (Å²) in [6, 6.07) is 9.85. The summed E-state index contributed by atoms with van der Waals surface area (Å²) in [7, 11) is 0. The Bertz CT molecular complexity index is 272. The molecule has 76 valence electrons.